The van der Waals surface area contributed by atoms with Crippen molar-refractivity contribution in [2.24, 2.45) is 0 Å². The molecule has 0 aliphatic heterocycles. The van der Waals surface area contributed by atoms with E-state index in [0.717, 1.165) is 64.2 Å². The summed E-state index contributed by atoms with van der Waals surface area (Å²) in [6.45, 7) is 11.4. The van der Waals surface area contributed by atoms with E-state index in [1.165, 1.54) is 482 Å². The van der Waals surface area contributed by atoms with Crippen molar-refractivity contribution in [3.8, 4) is 0 Å². The van der Waals surface area contributed by atoms with E-state index in [-0.39, 0.29) is 0 Å². The highest BCUT2D eigenvalue weighted by Crippen LogP contribution is 2.21. The summed E-state index contributed by atoms with van der Waals surface area (Å²) < 4.78 is 0. The van der Waals surface area contributed by atoms with Crippen molar-refractivity contribution < 1.29 is 49.5 Å². The molecule has 0 rings (SSSR count). The van der Waals surface area contributed by atoms with Gasteiger partial charge in [-0.1, -0.05) is 548 Å². The number of hydrogen-bond donors (Lipinski definition) is 5. The fourth-order valence-corrected chi connectivity index (χ4v) is 15.0. The van der Waals surface area contributed by atoms with Gasteiger partial charge in [-0.05, 0) is 32.1 Å². The quantitative estimate of drug-likeness (QED) is 0.0367. The number of carbonyl (C=O) groups is 5. The lowest BCUT2D eigenvalue weighted by Crippen LogP contribution is -1.93. The summed E-state index contributed by atoms with van der Waals surface area (Å²) in [5.74, 6) is -3.26. The van der Waals surface area contributed by atoms with Crippen LogP contribution in [0, 0.1) is 0 Å². The van der Waals surface area contributed by atoms with Gasteiger partial charge in [0.05, 0.1) is 0 Å². The summed E-state index contributed by atoms with van der Waals surface area (Å²) in [5.41, 5.74) is 0. The molecule has 0 aliphatic carbocycles. The van der Waals surface area contributed by atoms with Crippen LogP contribution in [0.5, 0.6) is 0 Å². The lowest BCUT2D eigenvalue weighted by molar-refractivity contribution is -0.138. The standard InChI is InChI=1S/C24H48O2.C22H44O2.C20H40O2.C18H36O2.C16H32O2/c1-2-3-4-5-6-7-8-9-10-11-12-13-14-15-16-17-18-19-20-21-22-23-24(25)26;1-2-3-4-5-6-7-8-9-10-11-12-13-14-15-16-17-18-19-20-21-22(23)24;1-2-3-4-5-6-7-8-9-10-11-12-13-14-15-16-17-18-19-20(21)22;1-2-3-4-5-6-7-8-9-10-11-12-13-14-15-16-17-18(19)20;1-2-3-4-5-6-7-8-9-10-11-12-13-14-15-16(17)18/h2-23H2,1H3,(H,25,26);2-21H2,1H3,(H,23,24);2-19H2,1H3,(H,21,22);2-17H2,1H3,(H,19,20);2-15H2,1H3,(H,17,18). The minimum absolute atomic E-state index is 0.345. The molecule has 0 radical (unpaired) electrons. The Balaban J connectivity index is -0.000000420. The van der Waals surface area contributed by atoms with Crippen LogP contribution in [0.25, 0.3) is 0 Å². The number of carboxylic acids is 5. The molecule has 5 N–H and O–H groups in total. The first-order chi connectivity index (χ1) is 53.9. The van der Waals surface area contributed by atoms with Crippen molar-refractivity contribution >= 4 is 29.8 Å². The Hall–Kier alpha value is -2.65. The van der Waals surface area contributed by atoms with Crippen molar-refractivity contribution in [2.45, 2.75) is 612 Å². The van der Waals surface area contributed by atoms with Gasteiger partial charge in [-0.2, -0.15) is 0 Å². The highest BCUT2D eigenvalue weighted by atomic mass is 16.4. The molecule has 0 heterocycles. The number of unbranched alkanes of at least 4 members (excludes halogenated alkanes) is 80. The van der Waals surface area contributed by atoms with E-state index >= 15 is 0 Å². The lowest BCUT2D eigenvalue weighted by atomic mass is 10.0. The van der Waals surface area contributed by atoms with Crippen molar-refractivity contribution in [3.05, 3.63) is 0 Å². The fourth-order valence-electron chi connectivity index (χ4n) is 15.0. The topological polar surface area (TPSA) is 186 Å². The third-order valence-electron chi connectivity index (χ3n) is 22.5. The number of rotatable bonds is 90. The van der Waals surface area contributed by atoms with Crippen LogP contribution in [0.1, 0.15) is 612 Å². The first-order valence-corrected chi connectivity index (χ1v) is 49.9. The Kier molecular flexibility index (Phi) is 119. The first kappa shape index (κ1) is 116. The van der Waals surface area contributed by atoms with Crippen molar-refractivity contribution in [1.29, 1.82) is 0 Å². The largest absolute Gasteiger partial charge is 0.481 e. The van der Waals surface area contributed by atoms with E-state index in [2.05, 4.69) is 34.6 Å². The van der Waals surface area contributed by atoms with E-state index in [0.29, 0.717) is 32.1 Å². The molecule has 0 fully saturated rings. The van der Waals surface area contributed by atoms with Gasteiger partial charge in [0.2, 0.25) is 0 Å². The summed E-state index contributed by atoms with van der Waals surface area (Å²) in [6.07, 6.45) is 116. The van der Waals surface area contributed by atoms with E-state index in [4.69, 9.17) is 25.5 Å². The first-order valence-electron chi connectivity index (χ1n) is 49.9. The number of carboxylic acid groups (broad SMARTS) is 5. The van der Waals surface area contributed by atoms with Crippen molar-refractivity contribution in [1.82, 2.24) is 0 Å². The zero-order valence-corrected chi connectivity index (χ0v) is 75.4. The summed E-state index contributed by atoms with van der Waals surface area (Å²) in [5, 5.41) is 42.7. The van der Waals surface area contributed by atoms with Crippen LogP contribution in [0.15, 0.2) is 0 Å². The lowest BCUT2D eigenvalue weighted by Gasteiger charge is -2.04. The molecule has 0 aromatic rings. The van der Waals surface area contributed by atoms with Crippen LogP contribution in [0.4, 0.5) is 0 Å². The van der Waals surface area contributed by atoms with Crippen molar-refractivity contribution in [2.75, 3.05) is 0 Å². The summed E-state index contributed by atoms with van der Waals surface area (Å²) >= 11 is 0. The zero-order valence-electron chi connectivity index (χ0n) is 75.4. The van der Waals surface area contributed by atoms with Gasteiger partial charge in [-0.15, -0.1) is 0 Å². The van der Waals surface area contributed by atoms with Gasteiger partial charge in [0.25, 0.3) is 0 Å². The summed E-state index contributed by atoms with van der Waals surface area (Å²) in [7, 11) is 0. The molecular weight excluding hydrogens is 1360 g/mol. The van der Waals surface area contributed by atoms with E-state index < -0.39 is 29.8 Å². The minimum atomic E-state index is -0.655. The van der Waals surface area contributed by atoms with Gasteiger partial charge in [0, 0.05) is 32.1 Å². The molecule has 0 aromatic heterocycles. The second-order valence-corrected chi connectivity index (χ2v) is 34.0. The Morgan fingerprint density at radius 2 is 0.164 bits per heavy atom. The predicted molar refractivity (Wildman–Crippen MR) is 482 cm³/mol. The Bertz CT molecular complexity index is 1690. The molecule has 0 saturated carbocycles. The maximum Gasteiger partial charge on any atom is 0.303 e. The molecule has 660 valence electrons. The van der Waals surface area contributed by atoms with E-state index in [1.54, 1.807) is 0 Å². The molecule has 0 saturated heterocycles. The van der Waals surface area contributed by atoms with Crippen LogP contribution in [-0.2, 0) is 24.0 Å². The Morgan fingerprint density at radius 3 is 0.218 bits per heavy atom. The molecule has 0 spiro atoms. The maximum absolute atomic E-state index is 10.4. The normalized spacial score (nSPS) is 11.0. The Labute approximate surface area is 688 Å². The summed E-state index contributed by atoms with van der Waals surface area (Å²) in [4.78, 5) is 51.8. The van der Waals surface area contributed by atoms with E-state index in [1.807, 2.05) is 0 Å². The number of hydrogen-bond acceptors (Lipinski definition) is 5. The third kappa shape index (κ3) is 135. The van der Waals surface area contributed by atoms with Crippen LogP contribution in [0.3, 0.4) is 0 Å². The molecule has 0 atom stereocenters. The zero-order chi connectivity index (χ0) is 81.5. The van der Waals surface area contributed by atoms with Crippen LogP contribution in [0.2, 0.25) is 0 Å². The monoisotopic (exact) mass is 1560 g/mol. The average Bonchev–Trinajstić information content (AvgIpc) is 3.71. The van der Waals surface area contributed by atoms with Crippen LogP contribution < -0.4 is 0 Å². The molecule has 0 amide bonds. The molecule has 0 aliphatic rings. The van der Waals surface area contributed by atoms with Gasteiger partial charge < -0.3 is 25.5 Å². The molecule has 0 aromatic carbocycles. The smallest absolute Gasteiger partial charge is 0.303 e. The minimum Gasteiger partial charge on any atom is -0.481 e. The van der Waals surface area contributed by atoms with Gasteiger partial charge in [-0.25, -0.2) is 0 Å². The number of aliphatic carboxylic acids is 5. The molecule has 110 heavy (non-hydrogen) atoms. The van der Waals surface area contributed by atoms with Gasteiger partial charge >= 0.3 is 29.8 Å². The third-order valence-corrected chi connectivity index (χ3v) is 22.5. The molecule has 10 heteroatoms. The van der Waals surface area contributed by atoms with Crippen LogP contribution >= 0.6 is 0 Å². The van der Waals surface area contributed by atoms with E-state index in [9.17, 15) is 24.0 Å². The molecular formula is C100H200O10. The van der Waals surface area contributed by atoms with Gasteiger partial charge in [0.1, 0.15) is 0 Å². The summed E-state index contributed by atoms with van der Waals surface area (Å²) in [6, 6.07) is 0. The van der Waals surface area contributed by atoms with Crippen molar-refractivity contribution in [3.63, 3.8) is 0 Å². The Morgan fingerprint density at radius 1 is 0.109 bits per heavy atom. The molecule has 10 nitrogen and oxygen atoms in total. The predicted octanol–water partition coefficient (Wildman–Crippen LogP) is 35.6. The molecule has 0 bridgehead atoms. The van der Waals surface area contributed by atoms with Crippen LogP contribution in [-0.4, -0.2) is 55.4 Å². The second-order valence-electron chi connectivity index (χ2n) is 34.0. The highest BCUT2D eigenvalue weighted by molar-refractivity contribution is 5.67. The van der Waals surface area contributed by atoms with Gasteiger partial charge in [0.15, 0.2) is 0 Å². The average molecular weight is 1560 g/mol. The molecule has 0 unspecified atom stereocenters. The second kappa shape index (κ2) is 113. The fraction of sp³-hybridized carbons (Fsp3) is 0.950. The maximum atomic E-state index is 10.4. The van der Waals surface area contributed by atoms with Gasteiger partial charge in [-0.3, -0.25) is 24.0 Å². The highest BCUT2D eigenvalue weighted by Gasteiger charge is 2.04. The SMILES string of the molecule is CCCCCCCCCCCCCCCC(=O)O.CCCCCCCCCCCCCCCCCC(=O)O.CCCCCCCCCCCCCCCCCCCC(=O)O.CCCCCCCCCCCCCCCCCCCCCC(=O)O.CCCCCCCCCCCCCCCCCCCCCCCC(=O)O.